The Kier molecular flexibility index (Phi) is 5.18. The normalized spacial score (nSPS) is 15.7. The molecule has 2 aromatic rings. The topological polar surface area (TPSA) is 101 Å². The minimum Gasteiger partial charge on any atom is -0.326 e. The van der Waals surface area contributed by atoms with Crippen LogP contribution < -0.4 is 10.6 Å². The van der Waals surface area contributed by atoms with E-state index in [4.69, 9.17) is 11.6 Å². The number of fused-ring (bicyclic) bond motifs is 1. The van der Waals surface area contributed by atoms with E-state index in [9.17, 15) is 19.7 Å². The number of carbonyl (C=O) groups excluding carboxylic acids is 2. The summed E-state index contributed by atoms with van der Waals surface area (Å²) < 4.78 is 0. The number of para-hydroxylation sites is 1. The third kappa shape index (κ3) is 4.00. The number of halogens is 1. The Morgan fingerprint density at radius 2 is 2.08 bits per heavy atom. The van der Waals surface area contributed by atoms with Crippen molar-refractivity contribution in [2.75, 3.05) is 10.6 Å². The van der Waals surface area contributed by atoms with Crippen LogP contribution >= 0.6 is 11.6 Å². The van der Waals surface area contributed by atoms with Gasteiger partial charge in [0.15, 0.2) is 0 Å². The number of anilines is 2. The maximum atomic E-state index is 12.2. The largest absolute Gasteiger partial charge is 0.326 e. The average Bonchev–Trinajstić information content (AvgIpc) is 2.61. The van der Waals surface area contributed by atoms with Gasteiger partial charge in [0.1, 0.15) is 5.02 Å². The van der Waals surface area contributed by atoms with Gasteiger partial charge >= 0.3 is 0 Å². The van der Waals surface area contributed by atoms with Crippen LogP contribution in [0.1, 0.15) is 18.4 Å². The summed E-state index contributed by atoms with van der Waals surface area (Å²) in [4.78, 5) is 34.6. The third-order valence-corrected chi connectivity index (χ3v) is 4.58. The first-order valence-corrected chi connectivity index (χ1v) is 8.44. The van der Waals surface area contributed by atoms with E-state index >= 15 is 0 Å². The third-order valence-electron chi connectivity index (χ3n) is 4.26. The van der Waals surface area contributed by atoms with Gasteiger partial charge < -0.3 is 10.6 Å². The SMILES string of the molecule is O=C(CCC1Cc2ccccc2NC1=O)Nc1ccc(Cl)c([N+](=O)[O-])c1. The molecule has 0 saturated heterocycles. The summed E-state index contributed by atoms with van der Waals surface area (Å²) in [6.45, 7) is 0. The van der Waals surface area contributed by atoms with Gasteiger partial charge in [-0.2, -0.15) is 0 Å². The van der Waals surface area contributed by atoms with E-state index < -0.39 is 4.92 Å². The smallest absolute Gasteiger partial charge is 0.289 e. The molecule has 0 bridgehead atoms. The number of nitro benzene ring substituents is 1. The Bertz CT molecular complexity index is 884. The van der Waals surface area contributed by atoms with Crippen molar-refractivity contribution in [1.82, 2.24) is 0 Å². The average molecular weight is 374 g/mol. The second-order valence-corrected chi connectivity index (χ2v) is 6.46. The number of hydrogen-bond acceptors (Lipinski definition) is 4. The number of amides is 2. The van der Waals surface area contributed by atoms with Gasteiger partial charge in [-0.1, -0.05) is 29.8 Å². The molecule has 1 unspecified atom stereocenters. The van der Waals surface area contributed by atoms with E-state index in [-0.39, 0.29) is 34.9 Å². The molecule has 2 aromatic carbocycles. The summed E-state index contributed by atoms with van der Waals surface area (Å²) in [5.41, 5.74) is 1.88. The molecular weight excluding hydrogens is 358 g/mol. The van der Waals surface area contributed by atoms with Crippen molar-refractivity contribution in [1.29, 1.82) is 0 Å². The van der Waals surface area contributed by atoms with Gasteiger partial charge in [0, 0.05) is 29.8 Å². The Hall–Kier alpha value is -2.93. The fourth-order valence-electron chi connectivity index (χ4n) is 2.91. The lowest BCUT2D eigenvalue weighted by Gasteiger charge is -2.24. The molecule has 1 aliphatic rings. The summed E-state index contributed by atoms with van der Waals surface area (Å²) in [6.07, 6.45) is 1.11. The van der Waals surface area contributed by atoms with Crippen LogP contribution in [0.2, 0.25) is 5.02 Å². The van der Waals surface area contributed by atoms with E-state index in [1.165, 1.54) is 18.2 Å². The first-order valence-electron chi connectivity index (χ1n) is 8.06. The van der Waals surface area contributed by atoms with Gasteiger partial charge in [0.2, 0.25) is 11.8 Å². The monoisotopic (exact) mass is 373 g/mol. The summed E-state index contributed by atoms with van der Waals surface area (Å²) in [6, 6.07) is 11.6. The second kappa shape index (κ2) is 7.53. The molecule has 0 radical (unpaired) electrons. The number of carbonyl (C=O) groups is 2. The highest BCUT2D eigenvalue weighted by atomic mass is 35.5. The van der Waals surface area contributed by atoms with Crippen molar-refractivity contribution in [3.05, 3.63) is 63.2 Å². The van der Waals surface area contributed by atoms with Crippen LogP contribution in [0, 0.1) is 16.0 Å². The lowest BCUT2D eigenvalue weighted by molar-refractivity contribution is -0.384. The van der Waals surface area contributed by atoms with E-state index in [0.717, 1.165) is 11.3 Å². The van der Waals surface area contributed by atoms with Crippen molar-refractivity contribution in [3.8, 4) is 0 Å². The first kappa shape index (κ1) is 17.9. The zero-order valence-corrected chi connectivity index (χ0v) is 14.5. The Balaban J connectivity index is 1.59. The highest BCUT2D eigenvalue weighted by molar-refractivity contribution is 6.32. The van der Waals surface area contributed by atoms with Crippen LogP contribution in [-0.2, 0) is 16.0 Å². The second-order valence-electron chi connectivity index (χ2n) is 6.06. The van der Waals surface area contributed by atoms with Crippen LogP contribution in [0.4, 0.5) is 17.1 Å². The molecule has 0 saturated carbocycles. The molecule has 0 fully saturated rings. The lowest BCUT2D eigenvalue weighted by Crippen LogP contribution is -2.30. The number of nitrogens with zero attached hydrogens (tertiary/aromatic N) is 1. The predicted octanol–water partition coefficient (Wildman–Crippen LogP) is 3.78. The van der Waals surface area contributed by atoms with E-state index in [0.29, 0.717) is 18.5 Å². The minimum atomic E-state index is -0.609. The highest BCUT2D eigenvalue weighted by Gasteiger charge is 2.26. The number of rotatable bonds is 5. The quantitative estimate of drug-likeness (QED) is 0.615. The van der Waals surface area contributed by atoms with Crippen LogP contribution in [0.3, 0.4) is 0 Å². The Labute approximate surface area is 154 Å². The molecule has 1 atom stereocenters. The summed E-state index contributed by atoms with van der Waals surface area (Å²) in [5, 5.41) is 16.4. The van der Waals surface area contributed by atoms with Gasteiger partial charge in [0.05, 0.1) is 4.92 Å². The molecule has 2 amide bonds. The number of hydrogen-bond donors (Lipinski definition) is 2. The predicted molar refractivity (Wildman–Crippen MR) is 98.2 cm³/mol. The summed E-state index contributed by atoms with van der Waals surface area (Å²) in [5.74, 6) is -0.692. The van der Waals surface area contributed by atoms with Gasteiger partial charge in [-0.3, -0.25) is 19.7 Å². The van der Waals surface area contributed by atoms with Gasteiger partial charge in [-0.25, -0.2) is 0 Å². The van der Waals surface area contributed by atoms with Gasteiger partial charge in [-0.05, 0) is 36.6 Å². The molecule has 8 heteroatoms. The summed E-state index contributed by atoms with van der Waals surface area (Å²) >= 11 is 5.75. The Morgan fingerprint density at radius 3 is 2.85 bits per heavy atom. The fraction of sp³-hybridized carbons (Fsp3) is 0.222. The van der Waals surface area contributed by atoms with E-state index in [1.54, 1.807) is 0 Å². The Morgan fingerprint density at radius 1 is 1.31 bits per heavy atom. The van der Waals surface area contributed by atoms with E-state index in [1.807, 2.05) is 24.3 Å². The van der Waals surface area contributed by atoms with Crippen molar-refractivity contribution in [3.63, 3.8) is 0 Å². The maximum absolute atomic E-state index is 12.2. The first-order chi connectivity index (χ1) is 12.4. The number of nitro groups is 1. The van der Waals surface area contributed by atoms with Crippen LogP contribution in [-0.4, -0.2) is 16.7 Å². The van der Waals surface area contributed by atoms with Gasteiger partial charge in [-0.15, -0.1) is 0 Å². The molecule has 1 heterocycles. The number of benzene rings is 2. The van der Waals surface area contributed by atoms with Crippen molar-refractivity contribution < 1.29 is 14.5 Å². The zero-order chi connectivity index (χ0) is 18.7. The van der Waals surface area contributed by atoms with Crippen molar-refractivity contribution >= 4 is 40.5 Å². The van der Waals surface area contributed by atoms with Crippen LogP contribution in [0.15, 0.2) is 42.5 Å². The minimum absolute atomic E-state index is 0.00513. The maximum Gasteiger partial charge on any atom is 0.289 e. The lowest BCUT2D eigenvalue weighted by atomic mass is 9.89. The fourth-order valence-corrected chi connectivity index (χ4v) is 3.09. The molecule has 26 heavy (non-hydrogen) atoms. The molecule has 0 spiro atoms. The van der Waals surface area contributed by atoms with Gasteiger partial charge in [0.25, 0.3) is 5.69 Å². The molecule has 2 N–H and O–H groups in total. The van der Waals surface area contributed by atoms with Crippen molar-refractivity contribution in [2.45, 2.75) is 19.3 Å². The molecule has 0 aliphatic carbocycles. The van der Waals surface area contributed by atoms with Crippen LogP contribution in [0.25, 0.3) is 0 Å². The molecule has 134 valence electrons. The molecule has 0 aromatic heterocycles. The standard InChI is InChI=1S/C18H16ClN3O4/c19-14-7-6-13(10-16(14)22(25)26)20-17(23)8-5-12-9-11-3-1-2-4-15(11)21-18(12)24/h1-4,6-7,10,12H,5,8-9H2,(H,20,23)(H,21,24). The molecular formula is C18H16ClN3O4. The number of nitrogens with one attached hydrogen (secondary N) is 2. The highest BCUT2D eigenvalue weighted by Crippen LogP contribution is 2.29. The van der Waals surface area contributed by atoms with Crippen molar-refractivity contribution in [2.24, 2.45) is 5.92 Å². The molecule has 3 rings (SSSR count). The van der Waals surface area contributed by atoms with Crippen LogP contribution in [0.5, 0.6) is 0 Å². The zero-order valence-electron chi connectivity index (χ0n) is 13.7. The molecule has 7 nitrogen and oxygen atoms in total. The van der Waals surface area contributed by atoms with E-state index in [2.05, 4.69) is 10.6 Å². The molecule has 1 aliphatic heterocycles. The summed E-state index contributed by atoms with van der Waals surface area (Å²) in [7, 11) is 0.